The molecule has 0 unspecified atom stereocenters. The van der Waals surface area contributed by atoms with E-state index in [2.05, 4.69) is 19.6 Å². The fraction of sp³-hybridized carbons (Fsp3) is 0.500. The van der Waals surface area contributed by atoms with Gasteiger partial charge >= 0.3 is 5.97 Å². The molecule has 112 valence electrons. The van der Waals surface area contributed by atoms with E-state index in [1.54, 1.807) is 25.3 Å². The van der Waals surface area contributed by atoms with Gasteiger partial charge in [-0.3, -0.25) is 0 Å². The highest BCUT2D eigenvalue weighted by Crippen LogP contribution is 2.34. The number of para-hydroxylation sites is 1. The van der Waals surface area contributed by atoms with Crippen LogP contribution in [0.3, 0.4) is 0 Å². The topological polar surface area (TPSA) is 44.8 Å². The summed E-state index contributed by atoms with van der Waals surface area (Å²) in [6, 6.07) is 5.29. The summed E-state index contributed by atoms with van der Waals surface area (Å²) in [4.78, 5) is 12.3. The van der Waals surface area contributed by atoms with Crippen LogP contribution in [0.4, 0.5) is 0 Å². The Kier molecular flexibility index (Phi) is 5.04. The summed E-state index contributed by atoms with van der Waals surface area (Å²) < 4.78 is 16.9. The van der Waals surface area contributed by atoms with Crippen LogP contribution in [0.15, 0.2) is 18.2 Å². The second kappa shape index (κ2) is 6.01. The quantitative estimate of drug-likeness (QED) is 0.774. The number of rotatable bonds is 5. The molecule has 0 aliphatic carbocycles. The van der Waals surface area contributed by atoms with Crippen molar-refractivity contribution in [3.05, 3.63) is 23.8 Å². The van der Waals surface area contributed by atoms with Gasteiger partial charge in [-0.15, -0.1) is 0 Å². The van der Waals surface area contributed by atoms with Gasteiger partial charge in [0, 0.05) is 0 Å². The van der Waals surface area contributed by atoms with Crippen molar-refractivity contribution in [2.75, 3.05) is 7.11 Å². The number of carbonyl (C=O) groups excluding carboxylic acids is 1. The molecule has 1 rings (SSSR count). The second-order valence-electron chi connectivity index (χ2n) is 6.55. The van der Waals surface area contributed by atoms with Gasteiger partial charge in [0.15, 0.2) is 11.5 Å². The number of hydrogen-bond acceptors (Lipinski definition) is 4. The summed E-state index contributed by atoms with van der Waals surface area (Å²) in [5, 5.41) is 0. The molecule has 0 spiro atoms. The second-order valence-corrected chi connectivity index (χ2v) is 15.4. The van der Waals surface area contributed by atoms with E-state index in [9.17, 15) is 4.79 Å². The van der Waals surface area contributed by atoms with Crippen LogP contribution in [0.25, 0.3) is 0 Å². The highest BCUT2D eigenvalue weighted by molar-refractivity contribution is 6.71. The molecule has 0 heterocycles. The van der Waals surface area contributed by atoms with Crippen LogP contribution >= 0.6 is 0 Å². The van der Waals surface area contributed by atoms with Crippen molar-refractivity contribution in [2.24, 2.45) is 0 Å². The van der Waals surface area contributed by atoms with Gasteiger partial charge in [0.2, 0.25) is 16.6 Å². The molecule has 0 fully saturated rings. The molecule has 0 radical (unpaired) electrons. The molecule has 4 nitrogen and oxygen atoms in total. The summed E-state index contributed by atoms with van der Waals surface area (Å²) in [5.74, 6) is 0.728. The van der Waals surface area contributed by atoms with E-state index < -0.39 is 16.6 Å². The van der Waals surface area contributed by atoms with E-state index in [0.717, 1.165) is 0 Å². The molecule has 0 amide bonds. The highest BCUT2D eigenvalue weighted by Gasteiger charge is 2.27. The van der Waals surface area contributed by atoms with Gasteiger partial charge in [0.1, 0.15) is 5.56 Å². The summed E-state index contributed by atoms with van der Waals surface area (Å²) >= 11 is 0. The van der Waals surface area contributed by atoms with Crippen LogP contribution in [-0.4, -0.2) is 29.7 Å². The first-order valence-corrected chi connectivity index (χ1v) is 13.4. The maximum Gasteiger partial charge on any atom is 0.328 e. The minimum Gasteiger partial charge on any atom is -0.541 e. The Labute approximate surface area is 123 Å². The largest absolute Gasteiger partial charge is 0.541 e. The summed E-state index contributed by atoms with van der Waals surface area (Å²) in [6.45, 7) is 12.1. The van der Waals surface area contributed by atoms with Gasteiger partial charge in [-0.2, -0.15) is 0 Å². The Bertz CT molecular complexity index is 487. The predicted molar refractivity (Wildman–Crippen MR) is 85.7 cm³/mol. The Morgan fingerprint density at radius 1 is 1.00 bits per heavy atom. The van der Waals surface area contributed by atoms with Crippen molar-refractivity contribution in [3.8, 4) is 11.5 Å². The molecule has 0 aliphatic rings. The molecule has 0 aromatic heterocycles. The number of benzene rings is 1. The molecule has 0 N–H and O–H groups in total. The first-order chi connectivity index (χ1) is 9.03. The predicted octanol–water partition coefficient (Wildman–Crippen LogP) is 3.90. The number of methoxy groups -OCH3 is 1. The SMILES string of the molecule is COc1cccc(C(=O)O[Si](C)(C)C)c1O[Si](C)(C)C. The molecule has 0 saturated carbocycles. The lowest BCUT2D eigenvalue weighted by molar-refractivity contribution is 0.0722. The summed E-state index contributed by atoms with van der Waals surface area (Å²) in [5.41, 5.74) is 0.439. The molecule has 0 saturated heterocycles. The van der Waals surface area contributed by atoms with Gasteiger partial charge in [-0.05, 0) is 51.4 Å². The van der Waals surface area contributed by atoms with Crippen LogP contribution in [-0.2, 0) is 4.43 Å². The van der Waals surface area contributed by atoms with E-state index in [-0.39, 0.29) is 5.97 Å². The smallest absolute Gasteiger partial charge is 0.328 e. The zero-order valence-corrected chi connectivity index (χ0v) is 15.4. The molecule has 6 heteroatoms. The van der Waals surface area contributed by atoms with Crippen LogP contribution in [0.1, 0.15) is 10.4 Å². The molecule has 0 aliphatic heterocycles. The van der Waals surface area contributed by atoms with Gasteiger partial charge in [0.05, 0.1) is 7.11 Å². The molecule has 1 aromatic rings. The maximum absolute atomic E-state index is 12.3. The number of carbonyl (C=O) groups is 1. The lowest BCUT2D eigenvalue weighted by Crippen LogP contribution is -2.32. The molecule has 1 aromatic carbocycles. The van der Waals surface area contributed by atoms with Gasteiger partial charge in [-0.25, -0.2) is 4.79 Å². The Balaban J connectivity index is 3.22. The monoisotopic (exact) mass is 312 g/mol. The van der Waals surface area contributed by atoms with Crippen LogP contribution < -0.4 is 9.16 Å². The highest BCUT2D eigenvalue weighted by atomic mass is 28.4. The van der Waals surface area contributed by atoms with Crippen LogP contribution in [0.5, 0.6) is 11.5 Å². The molecule has 0 bridgehead atoms. The first kappa shape index (κ1) is 16.8. The lowest BCUT2D eigenvalue weighted by atomic mass is 10.2. The third kappa shape index (κ3) is 5.01. The van der Waals surface area contributed by atoms with E-state index in [4.69, 9.17) is 13.6 Å². The van der Waals surface area contributed by atoms with Crippen LogP contribution in [0, 0.1) is 0 Å². The molecular formula is C14H24O4Si2. The Hall–Kier alpha value is -1.28. The van der Waals surface area contributed by atoms with Crippen molar-refractivity contribution in [1.29, 1.82) is 0 Å². The van der Waals surface area contributed by atoms with Crippen molar-refractivity contribution in [3.63, 3.8) is 0 Å². The average molecular weight is 313 g/mol. The maximum atomic E-state index is 12.3. The minimum atomic E-state index is -1.95. The summed E-state index contributed by atoms with van der Waals surface area (Å²) in [7, 11) is -2.24. The third-order valence-corrected chi connectivity index (χ3v) is 3.84. The zero-order chi connectivity index (χ0) is 15.6. The lowest BCUT2D eigenvalue weighted by Gasteiger charge is -2.24. The molecular weight excluding hydrogens is 288 g/mol. The Morgan fingerprint density at radius 2 is 1.60 bits per heavy atom. The fourth-order valence-electron chi connectivity index (χ4n) is 1.58. The number of ether oxygens (including phenoxy) is 1. The van der Waals surface area contributed by atoms with Gasteiger partial charge in [0.25, 0.3) is 0 Å². The zero-order valence-electron chi connectivity index (χ0n) is 13.4. The summed E-state index contributed by atoms with van der Waals surface area (Å²) in [6.07, 6.45) is 0. The fourth-order valence-corrected chi connectivity index (χ4v) is 3.07. The van der Waals surface area contributed by atoms with Crippen molar-refractivity contribution in [1.82, 2.24) is 0 Å². The molecule has 0 atom stereocenters. The molecule has 20 heavy (non-hydrogen) atoms. The van der Waals surface area contributed by atoms with Crippen molar-refractivity contribution >= 4 is 22.6 Å². The normalized spacial score (nSPS) is 11.9. The van der Waals surface area contributed by atoms with E-state index in [1.807, 2.05) is 19.6 Å². The van der Waals surface area contributed by atoms with Crippen molar-refractivity contribution in [2.45, 2.75) is 39.3 Å². The van der Waals surface area contributed by atoms with E-state index >= 15 is 0 Å². The van der Waals surface area contributed by atoms with Gasteiger partial charge < -0.3 is 13.6 Å². The minimum absolute atomic E-state index is 0.337. The van der Waals surface area contributed by atoms with Crippen molar-refractivity contribution < 1.29 is 18.4 Å². The average Bonchev–Trinajstić information content (AvgIpc) is 2.24. The van der Waals surface area contributed by atoms with E-state index in [1.165, 1.54) is 0 Å². The third-order valence-electron chi connectivity index (χ3n) is 2.23. The number of hydrogen-bond donors (Lipinski definition) is 0. The standard InChI is InChI=1S/C14H24O4Si2/c1-16-12-10-8-9-11(13(12)17-19(2,3)4)14(15)18-20(5,6)7/h8-10H,1-7H3. The van der Waals surface area contributed by atoms with E-state index in [0.29, 0.717) is 17.1 Å². The van der Waals surface area contributed by atoms with Gasteiger partial charge in [-0.1, -0.05) is 6.07 Å². The Morgan fingerprint density at radius 3 is 2.05 bits per heavy atom. The first-order valence-electron chi connectivity index (χ1n) is 6.63. The van der Waals surface area contributed by atoms with Crippen LogP contribution in [0.2, 0.25) is 39.3 Å².